The molecule has 1 aromatic heterocycles. The van der Waals surface area contributed by atoms with Gasteiger partial charge in [-0.25, -0.2) is 0 Å². The molecule has 138 valence electrons. The predicted molar refractivity (Wildman–Crippen MR) is 104 cm³/mol. The predicted octanol–water partition coefficient (Wildman–Crippen LogP) is 3.18. The summed E-state index contributed by atoms with van der Waals surface area (Å²) in [7, 11) is 1.55. The van der Waals surface area contributed by atoms with Crippen molar-refractivity contribution in [3.05, 3.63) is 70.4 Å². The lowest BCUT2D eigenvalue weighted by atomic mass is 9.95. The van der Waals surface area contributed by atoms with E-state index in [-0.39, 0.29) is 17.6 Å². The third kappa shape index (κ3) is 3.71. The minimum atomic E-state index is -0.648. The number of halogens is 1. The van der Waals surface area contributed by atoms with Crippen LogP contribution in [0, 0.1) is 0 Å². The number of nitrogens with one attached hydrogen (secondary N) is 2. The maximum Gasteiger partial charge on any atom is 0.251 e. The molecule has 2 amide bonds. The second kappa shape index (κ2) is 7.63. The fourth-order valence-electron chi connectivity index (χ4n) is 2.94. The molecule has 3 N–H and O–H groups in total. The van der Waals surface area contributed by atoms with Gasteiger partial charge in [-0.2, -0.15) is 0 Å². The molecule has 0 radical (unpaired) electrons. The molecular weight excluding hydrogens is 366 g/mol. The van der Waals surface area contributed by atoms with Gasteiger partial charge in [0.1, 0.15) is 11.3 Å². The van der Waals surface area contributed by atoms with Gasteiger partial charge >= 0.3 is 0 Å². The molecule has 0 aliphatic heterocycles. The summed E-state index contributed by atoms with van der Waals surface area (Å²) in [5.74, 6) is -0.533. The second-order valence-corrected chi connectivity index (χ2v) is 6.44. The van der Waals surface area contributed by atoms with Crippen molar-refractivity contribution in [2.24, 2.45) is 0 Å². The Bertz CT molecular complexity index is 1020. The average molecular weight is 384 g/mol. The zero-order chi connectivity index (χ0) is 19.6. The molecule has 1 heterocycles. The fourth-order valence-corrected chi connectivity index (χ4v) is 3.21. The summed E-state index contributed by atoms with van der Waals surface area (Å²) in [6, 6.07) is 11.2. The summed E-state index contributed by atoms with van der Waals surface area (Å²) < 4.78 is 0. The summed E-state index contributed by atoms with van der Waals surface area (Å²) >= 11 is 6.37. The first-order chi connectivity index (χ1) is 12.9. The summed E-state index contributed by atoms with van der Waals surface area (Å²) in [5, 5.41) is 17.2. The van der Waals surface area contributed by atoms with Crippen LogP contribution in [0.2, 0.25) is 5.02 Å². The number of aromatic nitrogens is 1. The Hall–Kier alpha value is -3.12. The van der Waals surface area contributed by atoms with Crippen molar-refractivity contribution in [3.63, 3.8) is 0 Å². The van der Waals surface area contributed by atoms with Crippen molar-refractivity contribution in [3.8, 4) is 5.75 Å². The molecular formula is C20H18ClN3O3. The highest BCUT2D eigenvalue weighted by molar-refractivity contribution is 6.35. The molecule has 7 heteroatoms. The molecule has 0 aliphatic carbocycles. The molecule has 0 saturated heterocycles. The number of benzene rings is 2. The van der Waals surface area contributed by atoms with Gasteiger partial charge in [-0.1, -0.05) is 23.7 Å². The number of phenols is 1. The van der Waals surface area contributed by atoms with Crippen LogP contribution in [-0.2, 0) is 4.79 Å². The highest BCUT2D eigenvalue weighted by Crippen LogP contribution is 2.38. The Morgan fingerprint density at radius 3 is 2.52 bits per heavy atom. The topological polar surface area (TPSA) is 91.3 Å². The van der Waals surface area contributed by atoms with Crippen LogP contribution in [0.4, 0.5) is 0 Å². The van der Waals surface area contributed by atoms with E-state index in [4.69, 9.17) is 11.6 Å². The van der Waals surface area contributed by atoms with E-state index in [9.17, 15) is 14.7 Å². The van der Waals surface area contributed by atoms with Gasteiger partial charge in [0.25, 0.3) is 5.91 Å². The number of pyridine rings is 1. The zero-order valence-corrected chi connectivity index (χ0v) is 15.5. The molecule has 3 aromatic rings. The van der Waals surface area contributed by atoms with Gasteiger partial charge in [-0.05, 0) is 35.9 Å². The van der Waals surface area contributed by atoms with Crippen LogP contribution in [0.5, 0.6) is 5.75 Å². The van der Waals surface area contributed by atoms with Crippen LogP contribution >= 0.6 is 11.6 Å². The minimum absolute atomic E-state index is 0.0517. The average Bonchev–Trinajstić information content (AvgIpc) is 2.68. The van der Waals surface area contributed by atoms with Crippen molar-refractivity contribution in [1.82, 2.24) is 15.6 Å². The van der Waals surface area contributed by atoms with Gasteiger partial charge in [-0.3, -0.25) is 14.6 Å². The van der Waals surface area contributed by atoms with Crippen molar-refractivity contribution >= 4 is 34.3 Å². The molecule has 3 rings (SSSR count). The molecule has 6 nitrogen and oxygen atoms in total. The maximum atomic E-state index is 11.8. The van der Waals surface area contributed by atoms with E-state index in [1.165, 1.54) is 6.92 Å². The van der Waals surface area contributed by atoms with Crippen LogP contribution in [0.15, 0.2) is 48.7 Å². The highest BCUT2D eigenvalue weighted by Gasteiger charge is 2.22. The lowest BCUT2D eigenvalue weighted by Gasteiger charge is -2.21. The van der Waals surface area contributed by atoms with Gasteiger partial charge in [0.15, 0.2) is 0 Å². The SMILES string of the molecule is CNC(=O)c1ccc(C(NC(C)=O)c2cc(Cl)c3cccnc3c2O)cc1. The van der Waals surface area contributed by atoms with Crippen molar-refractivity contribution < 1.29 is 14.7 Å². The lowest BCUT2D eigenvalue weighted by Crippen LogP contribution is -2.27. The summed E-state index contributed by atoms with van der Waals surface area (Å²) in [5.41, 5.74) is 1.97. The second-order valence-electron chi connectivity index (χ2n) is 6.03. The normalized spacial score (nSPS) is 11.8. The van der Waals surface area contributed by atoms with E-state index in [2.05, 4.69) is 15.6 Å². The number of nitrogens with zero attached hydrogens (tertiary/aromatic N) is 1. The summed E-state index contributed by atoms with van der Waals surface area (Å²) in [6.07, 6.45) is 1.56. The first-order valence-electron chi connectivity index (χ1n) is 8.27. The zero-order valence-electron chi connectivity index (χ0n) is 14.8. The molecule has 0 fully saturated rings. The van der Waals surface area contributed by atoms with E-state index >= 15 is 0 Å². The van der Waals surface area contributed by atoms with E-state index in [0.29, 0.717) is 32.6 Å². The first-order valence-corrected chi connectivity index (χ1v) is 8.65. The molecule has 0 saturated carbocycles. The maximum absolute atomic E-state index is 11.8. The Morgan fingerprint density at radius 2 is 1.89 bits per heavy atom. The molecule has 0 bridgehead atoms. The molecule has 27 heavy (non-hydrogen) atoms. The molecule has 1 unspecified atom stereocenters. The number of carbonyl (C=O) groups excluding carboxylic acids is 2. The number of amides is 2. The number of fused-ring (bicyclic) bond motifs is 1. The monoisotopic (exact) mass is 383 g/mol. The van der Waals surface area contributed by atoms with Gasteiger partial charge in [-0.15, -0.1) is 0 Å². The first kappa shape index (κ1) is 18.7. The quantitative estimate of drug-likeness (QED) is 0.645. The number of rotatable bonds is 4. The van der Waals surface area contributed by atoms with Crippen LogP contribution < -0.4 is 10.6 Å². The summed E-state index contributed by atoms with van der Waals surface area (Å²) in [6.45, 7) is 1.39. The number of aromatic hydroxyl groups is 1. The van der Waals surface area contributed by atoms with Crippen molar-refractivity contribution in [1.29, 1.82) is 0 Å². The number of hydrogen-bond acceptors (Lipinski definition) is 4. The molecule has 1 atom stereocenters. The smallest absolute Gasteiger partial charge is 0.251 e. The highest BCUT2D eigenvalue weighted by atomic mass is 35.5. The van der Waals surface area contributed by atoms with E-state index in [1.807, 2.05) is 0 Å². The largest absolute Gasteiger partial charge is 0.505 e. The molecule has 2 aromatic carbocycles. The van der Waals surface area contributed by atoms with Gasteiger partial charge in [0, 0.05) is 36.7 Å². The van der Waals surface area contributed by atoms with E-state index < -0.39 is 6.04 Å². The lowest BCUT2D eigenvalue weighted by molar-refractivity contribution is -0.119. The van der Waals surface area contributed by atoms with Crippen LogP contribution in [0.3, 0.4) is 0 Å². The Labute approximate surface area is 161 Å². The van der Waals surface area contributed by atoms with Crippen LogP contribution in [-0.4, -0.2) is 29.0 Å². The van der Waals surface area contributed by atoms with Gasteiger partial charge in [0.2, 0.25) is 5.91 Å². The van der Waals surface area contributed by atoms with Gasteiger partial charge < -0.3 is 15.7 Å². The Balaban J connectivity index is 2.13. The Morgan fingerprint density at radius 1 is 1.19 bits per heavy atom. The number of hydrogen-bond donors (Lipinski definition) is 3. The van der Waals surface area contributed by atoms with Crippen molar-refractivity contribution in [2.75, 3.05) is 7.05 Å². The molecule has 0 spiro atoms. The standard InChI is InChI=1S/C20H18ClN3O3/c1-11(25)24-17(12-5-7-13(8-6-12)20(27)22-2)15-10-16(21)14-4-3-9-23-18(14)19(15)26/h3-10,17,26H,1-2H3,(H,22,27)(H,24,25). The third-order valence-electron chi connectivity index (χ3n) is 4.24. The summed E-state index contributed by atoms with van der Waals surface area (Å²) in [4.78, 5) is 27.7. The third-order valence-corrected chi connectivity index (χ3v) is 4.55. The van der Waals surface area contributed by atoms with E-state index in [0.717, 1.165) is 0 Å². The number of phenolic OH excluding ortho intramolecular Hbond substituents is 1. The Kier molecular flexibility index (Phi) is 5.28. The van der Waals surface area contributed by atoms with Crippen LogP contribution in [0.1, 0.15) is 34.5 Å². The van der Waals surface area contributed by atoms with E-state index in [1.54, 1.807) is 55.7 Å². The molecule has 0 aliphatic rings. The van der Waals surface area contributed by atoms with Crippen molar-refractivity contribution in [2.45, 2.75) is 13.0 Å². The minimum Gasteiger partial charge on any atom is -0.505 e. The number of carbonyl (C=O) groups is 2. The van der Waals surface area contributed by atoms with Crippen LogP contribution in [0.25, 0.3) is 10.9 Å². The fraction of sp³-hybridized carbons (Fsp3) is 0.150. The van der Waals surface area contributed by atoms with Gasteiger partial charge in [0.05, 0.1) is 11.1 Å².